The second-order valence-electron chi connectivity index (χ2n) is 6.33. The lowest BCUT2D eigenvalue weighted by Gasteiger charge is -2.18. The second-order valence-corrected chi connectivity index (χ2v) is 7.42. The Hall–Kier alpha value is -2.24. The average molecular weight is 354 g/mol. The Morgan fingerprint density at radius 3 is 2.48 bits per heavy atom. The number of benzene rings is 2. The number of carboxylic acid groups (broad SMARTS) is 1. The predicted molar refractivity (Wildman–Crippen MR) is 102 cm³/mol. The Morgan fingerprint density at radius 2 is 1.80 bits per heavy atom. The molecule has 0 radical (unpaired) electrons. The number of aromatic nitrogens is 1. The van der Waals surface area contributed by atoms with E-state index in [1.807, 2.05) is 50.2 Å². The highest BCUT2D eigenvalue weighted by molar-refractivity contribution is 7.99. The van der Waals surface area contributed by atoms with Crippen molar-refractivity contribution in [2.75, 3.05) is 0 Å². The molecule has 0 amide bonds. The van der Waals surface area contributed by atoms with Crippen LogP contribution in [-0.2, 0) is 11.3 Å². The molecule has 4 nitrogen and oxygen atoms in total. The van der Waals surface area contributed by atoms with Crippen LogP contribution in [0.1, 0.15) is 19.5 Å². The van der Waals surface area contributed by atoms with Crippen LogP contribution < -0.4 is 5.32 Å². The lowest BCUT2D eigenvalue weighted by atomic mass is 10.0. The molecule has 3 N–H and O–H groups in total. The summed E-state index contributed by atoms with van der Waals surface area (Å²) in [7, 11) is 0. The molecule has 2 aromatic carbocycles. The number of carbonyl (C=O) groups is 1. The fourth-order valence-electron chi connectivity index (χ4n) is 2.84. The molecule has 5 heteroatoms. The summed E-state index contributed by atoms with van der Waals surface area (Å²) in [5.41, 5.74) is 2.08. The monoisotopic (exact) mass is 354 g/mol. The van der Waals surface area contributed by atoms with E-state index in [0.29, 0.717) is 6.54 Å². The molecular weight excluding hydrogens is 332 g/mol. The van der Waals surface area contributed by atoms with E-state index in [0.717, 1.165) is 26.4 Å². The highest BCUT2D eigenvalue weighted by atomic mass is 32.2. The summed E-state index contributed by atoms with van der Waals surface area (Å²) < 4.78 is 0. The minimum atomic E-state index is -0.816. The highest BCUT2D eigenvalue weighted by Gasteiger charge is 2.22. The van der Waals surface area contributed by atoms with Gasteiger partial charge >= 0.3 is 5.97 Å². The number of aliphatic carboxylic acids is 1. The van der Waals surface area contributed by atoms with Crippen molar-refractivity contribution in [3.8, 4) is 0 Å². The largest absolute Gasteiger partial charge is 0.480 e. The third-order valence-corrected chi connectivity index (χ3v) is 5.30. The zero-order valence-electron chi connectivity index (χ0n) is 14.3. The average Bonchev–Trinajstić information content (AvgIpc) is 2.93. The van der Waals surface area contributed by atoms with Crippen LogP contribution in [0.3, 0.4) is 0 Å². The smallest absolute Gasteiger partial charge is 0.320 e. The summed E-state index contributed by atoms with van der Waals surface area (Å²) in [5.74, 6) is -0.796. The minimum Gasteiger partial charge on any atom is -0.480 e. The molecule has 0 aliphatic carbocycles. The van der Waals surface area contributed by atoms with E-state index >= 15 is 0 Å². The van der Waals surface area contributed by atoms with Gasteiger partial charge in [0.15, 0.2) is 0 Å². The molecule has 0 fully saturated rings. The van der Waals surface area contributed by atoms with Crippen LogP contribution in [0.15, 0.2) is 64.4 Å². The summed E-state index contributed by atoms with van der Waals surface area (Å²) >= 11 is 1.70. The van der Waals surface area contributed by atoms with Gasteiger partial charge in [0, 0.05) is 32.9 Å². The molecule has 0 bridgehead atoms. The first-order chi connectivity index (χ1) is 12.1. The maximum Gasteiger partial charge on any atom is 0.320 e. The minimum absolute atomic E-state index is 0.0205. The van der Waals surface area contributed by atoms with Gasteiger partial charge in [-0.25, -0.2) is 0 Å². The molecule has 3 aromatic rings. The molecule has 1 unspecified atom stereocenters. The fourth-order valence-corrected chi connectivity index (χ4v) is 3.90. The van der Waals surface area contributed by atoms with Gasteiger partial charge in [-0.2, -0.15) is 0 Å². The predicted octanol–water partition coefficient (Wildman–Crippen LogP) is 4.52. The molecule has 130 valence electrons. The van der Waals surface area contributed by atoms with Crippen molar-refractivity contribution < 1.29 is 9.90 Å². The fraction of sp³-hybridized carbons (Fsp3) is 0.250. The zero-order chi connectivity index (χ0) is 17.8. The number of aromatic amines is 1. The Bertz CT molecular complexity index is 859. The summed E-state index contributed by atoms with van der Waals surface area (Å²) in [4.78, 5) is 17.2. The molecule has 0 spiro atoms. The molecule has 0 saturated carbocycles. The van der Waals surface area contributed by atoms with Gasteiger partial charge < -0.3 is 10.1 Å². The Kier molecular flexibility index (Phi) is 5.46. The van der Waals surface area contributed by atoms with E-state index < -0.39 is 12.0 Å². The first kappa shape index (κ1) is 17.6. The molecule has 1 atom stereocenters. The van der Waals surface area contributed by atoms with E-state index in [-0.39, 0.29) is 5.92 Å². The molecular formula is C20H22N2O2S. The SMILES string of the molecule is CC(C)C(NCc1[nH]c2ccccc2c1Sc1ccccc1)C(=O)O. The van der Waals surface area contributed by atoms with Crippen LogP contribution >= 0.6 is 11.8 Å². The van der Waals surface area contributed by atoms with Crippen LogP contribution in [0.2, 0.25) is 0 Å². The molecule has 0 saturated heterocycles. The van der Waals surface area contributed by atoms with Crippen molar-refractivity contribution in [1.29, 1.82) is 0 Å². The molecule has 25 heavy (non-hydrogen) atoms. The van der Waals surface area contributed by atoms with Gasteiger partial charge in [0.1, 0.15) is 6.04 Å². The number of rotatable bonds is 7. The Morgan fingerprint density at radius 1 is 1.12 bits per heavy atom. The first-order valence-electron chi connectivity index (χ1n) is 8.35. The van der Waals surface area contributed by atoms with Crippen LogP contribution in [0.5, 0.6) is 0 Å². The Balaban J connectivity index is 1.91. The number of nitrogens with one attached hydrogen (secondary N) is 2. The second kappa shape index (κ2) is 7.76. The zero-order valence-corrected chi connectivity index (χ0v) is 15.1. The summed E-state index contributed by atoms with van der Waals surface area (Å²) in [6.45, 7) is 4.31. The van der Waals surface area contributed by atoms with E-state index in [1.54, 1.807) is 11.8 Å². The standard InChI is InChI=1S/C20H22N2O2S/c1-13(2)18(20(23)24)21-12-17-19(25-14-8-4-3-5-9-14)15-10-6-7-11-16(15)22-17/h3-11,13,18,21-22H,12H2,1-2H3,(H,23,24). The van der Waals surface area contributed by atoms with E-state index in [4.69, 9.17) is 0 Å². The Labute approximate surface area is 151 Å². The maximum absolute atomic E-state index is 11.4. The van der Waals surface area contributed by atoms with E-state index in [9.17, 15) is 9.90 Å². The number of hydrogen-bond acceptors (Lipinski definition) is 3. The number of carboxylic acids is 1. The van der Waals surface area contributed by atoms with Crippen molar-refractivity contribution in [3.63, 3.8) is 0 Å². The molecule has 3 rings (SSSR count). The van der Waals surface area contributed by atoms with Crippen molar-refractivity contribution in [2.45, 2.75) is 36.2 Å². The van der Waals surface area contributed by atoms with Crippen LogP contribution in [0.25, 0.3) is 10.9 Å². The molecule has 1 heterocycles. The van der Waals surface area contributed by atoms with Gasteiger partial charge in [0.2, 0.25) is 0 Å². The summed E-state index contributed by atoms with van der Waals surface area (Å²) in [6, 6.07) is 17.8. The van der Waals surface area contributed by atoms with Gasteiger partial charge in [-0.15, -0.1) is 0 Å². The van der Waals surface area contributed by atoms with E-state index in [1.165, 1.54) is 0 Å². The summed E-state index contributed by atoms with van der Waals surface area (Å²) in [6.07, 6.45) is 0. The third kappa shape index (κ3) is 4.06. The normalized spacial score (nSPS) is 12.6. The van der Waals surface area contributed by atoms with Gasteiger partial charge in [-0.05, 0) is 24.1 Å². The van der Waals surface area contributed by atoms with E-state index in [2.05, 4.69) is 28.5 Å². The van der Waals surface area contributed by atoms with Crippen LogP contribution in [0.4, 0.5) is 0 Å². The van der Waals surface area contributed by atoms with Crippen LogP contribution in [0, 0.1) is 5.92 Å². The van der Waals surface area contributed by atoms with Gasteiger partial charge in [0.25, 0.3) is 0 Å². The van der Waals surface area contributed by atoms with Crippen molar-refractivity contribution >= 4 is 28.6 Å². The van der Waals surface area contributed by atoms with Gasteiger partial charge in [0.05, 0.1) is 0 Å². The lowest BCUT2D eigenvalue weighted by molar-refractivity contribution is -0.140. The maximum atomic E-state index is 11.4. The number of para-hydroxylation sites is 1. The first-order valence-corrected chi connectivity index (χ1v) is 9.16. The van der Waals surface area contributed by atoms with Gasteiger partial charge in [-0.3, -0.25) is 10.1 Å². The lowest BCUT2D eigenvalue weighted by Crippen LogP contribution is -2.40. The molecule has 0 aliphatic rings. The van der Waals surface area contributed by atoms with Crippen molar-refractivity contribution in [1.82, 2.24) is 10.3 Å². The summed E-state index contributed by atoms with van der Waals surface area (Å²) in [5, 5.41) is 13.7. The molecule has 0 aliphatic heterocycles. The third-order valence-electron chi connectivity index (χ3n) is 4.13. The van der Waals surface area contributed by atoms with Crippen LogP contribution in [-0.4, -0.2) is 22.1 Å². The number of fused-ring (bicyclic) bond motifs is 1. The van der Waals surface area contributed by atoms with Gasteiger partial charge in [-0.1, -0.05) is 62.0 Å². The molecule has 1 aromatic heterocycles. The topological polar surface area (TPSA) is 65.1 Å². The van der Waals surface area contributed by atoms with Crippen molar-refractivity contribution in [2.24, 2.45) is 5.92 Å². The highest BCUT2D eigenvalue weighted by Crippen LogP contribution is 2.36. The quantitative estimate of drug-likeness (QED) is 0.584. The number of H-pyrrole nitrogens is 1. The van der Waals surface area contributed by atoms with Crippen molar-refractivity contribution in [3.05, 3.63) is 60.3 Å². The number of hydrogen-bond donors (Lipinski definition) is 3.